The molecule has 1 fully saturated rings. The lowest BCUT2D eigenvalue weighted by Crippen LogP contribution is -2.31. The Labute approximate surface area is 88.8 Å². The Balaban J connectivity index is 2.36. The lowest BCUT2D eigenvalue weighted by molar-refractivity contribution is -0.123. The smallest absolute Gasteiger partial charge is 0.249 e. The number of anilines is 1. The highest BCUT2D eigenvalue weighted by molar-refractivity contribution is 6.14. The van der Waals surface area contributed by atoms with Crippen molar-refractivity contribution >= 4 is 17.6 Å². The topological polar surface area (TPSA) is 35.9 Å². The second kappa shape index (κ2) is 3.73. The standard InChI is InChI=1S/C11H13N3O/c1-12-11-13(2)10(15)8-14(11)9-6-4-3-5-7-9/h3-7H,8H2,1-2H3/b12-11+. The molecule has 4 nitrogen and oxygen atoms in total. The Bertz CT molecular complexity index is 400. The molecule has 0 radical (unpaired) electrons. The van der Waals surface area contributed by atoms with Gasteiger partial charge in [0.05, 0.1) is 0 Å². The van der Waals surface area contributed by atoms with Gasteiger partial charge in [0.15, 0.2) is 0 Å². The first kappa shape index (κ1) is 9.71. The van der Waals surface area contributed by atoms with E-state index >= 15 is 0 Å². The molecule has 2 rings (SSSR count). The van der Waals surface area contributed by atoms with Gasteiger partial charge in [-0.05, 0) is 12.1 Å². The van der Waals surface area contributed by atoms with Gasteiger partial charge in [0, 0.05) is 19.8 Å². The van der Waals surface area contributed by atoms with Crippen LogP contribution in [0.1, 0.15) is 0 Å². The number of para-hydroxylation sites is 1. The zero-order valence-electron chi connectivity index (χ0n) is 8.84. The van der Waals surface area contributed by atoms with Crippen LogP contribution in [0.15, 0.2) is 35.3 Å². The van der Waals surface area contributed by atoms with Crippen molar-refractivity contribution in [1.82, 2.24) is 4.90 Å². The van der Waals surface area contributed by atoms with Crippen LogP contribution in [0, 0.1) is 0 Å². The summed E-state index contributed by atoms with van der Waals surface area (Å²) in [6, 6.07) is 9.79. The molecular weight excluding hydrogens is 190 g/mol. The maximum absolute atomic E-state index is 11.5. The number of likely N-dealkylation sites (N-methyl/N-ethyl adjacent to an activating group) is 1. The Hall–Kier alpha value is -1.84. The molecule has 0 spiro atoms. The van der Waals surface area contributed by atoms with E-state index in [0.29, 0.717) is 12.5 Å². The van der Waals surface area contributed by atoms with Gasteiger partial charge >= 0.3 is 0 Å². The van der Waals surface area contributed by atoms with Gasteiger partial charge in [0.25, 0.3) is 0 Å². The van der Waals surface area contributed by atoms with E-state index in [2.05, 4.69) is 4.99 Å². The van der Waals surface area contributed by atoms with Gasteiger partial charge in [0.1, 0.15) is 6.54 Å². The minimum atomic E-state index is 0.0689. The molecule has 78 valence electrons. The maximum Gasteiger partial charge on any atom is 0.249 e. The highest BCUT2D eigenvalue weighted by atomic mass is 16.2. The third-order valence-corrected chi connectivity index (χ3v) is 2.48. The number of nitrogens with zero attached hydrogens (tertiary/aromatic N) is 3. The molecule has 1 aromatic carbocycles. The van der Waals surface area contributed by atoms with Gasteiger partial charge in [-0.3, -0.25) is 14.7 Å². The summed E-state index contributed by atoms with van der Waals surface area (Å²) in [5.41, 5.74) is 0.996. The molecule has 0 aliphatic carbocycles. The third-order valence-electron chi connectivity index (χ3n) is 2.48. The molecule has 1 aliphatic rings. The van der Waals surface area contributed by atoms with Gasteiger partial charge in [-0.2, -0.15) is 0 Å². The molecule has 1 aromatic rings. The number of benzene rings is 1. The zero-order valence-corrected chi connectivity index (χ0v) is 8.84. The number of hydrogen-bond acceptors (Lipinski definition) is 2. The Morgan fingerprint density at radius 3 is 2.53 bits per heavy atom. The van der Waals surface area contributed by atoms with Crippen LogP contribution in [0.25, 0.3) is 0 Å². The fraction of sp³-hybridized carbons (Fsp3) is 0.273. The molecule has 4 heteroatoms. The number of carbonyl (C=O) groups is 1. The average molecular weight is 203 g/mol. The van der Waals surface area contributed by atoms with Crippen LogP contribution in [0.4, 0.5) is 5.69 Å². The second-order valence-electron chi connectivity index (χ2n) is 3.40. The van der Waals surface area contributed by atoms with Gasteiger partial charge < -0.3 is 4.90 Å². The summed E-state index contributed by atoms with van der Waals surface area (Å²) in [7, 11) is 3.44. The Morgan fingerprint density at radius 1 is 1.27 bits per heavy atom. The van der Waals surface area contributed by atoms with E-state index in [9.17, 15) is 4.79 Å². The molecule has 15 heavy (non-hydrogen) atoms. The monoisotopic (exact) mass is 203 g/mol. The molecule has 0 atom stereocenters. The van der Waals surface area contributed by atoms with E-state index in [1.54, 1.807) is 19.0 Å². The van der Waals surface area contributed by atoms with Crippen LogP contribution >= 0.6 is 0 Å². The molecule has 1 amide bonds. The first-order chi connectivity index (χ1) is 7.24. The number of aliphatic imine (C=N–C) groups is 1. The largest absolute Gasteiger partial charge is 0.303 e. The second-order valence-corrected chi connectivity index (χ2v) is 3.40. The Kier molecular flexibility index (Phi) is 2.41. The predicted molar refractivity (Wildman–Crippen MR) is 59.9 cm³/mol. The van der Waals surface area contributed by atoms with E-state index in [1.165, 1.54) is 0 Å². The van der Waals surface area contributed by atoms with E-state index < -0.39 is 0 Å². The summed E-state index contributed by atoms with van der Waals surface area (Å²) >= 11 is 0. The molecule has 0 bridgehead atoms. The average Bonchev–Trinajstić information content (AvgIpc) is 2.56. The van der Waals surface area contributed by atoms with Crippen LogP contribution in [-0.2, 0) is 4.79 Å². The molecule has 0 N–H and O–H groups in total. The van der Waals surface area contributed by atoms with Gasteiger partial charge in [-0.15, -0.1) is 0 Å². The minimum Gasteiger partial charge on any atom is -0.303 e. The van der Waals surface area contributed by atoms with Crippen LogP contribution in [-0.4, -0.2) is 37.4 Å². The summed E-state index contributed by atoms with van der Waals surface area (Å²) in [6.07, 6.45) is 0. The van der Waals surface area contributed by atoms with Crippen molar-refractivity contribution in [3.05, 3.63) is 30.3 Å². The summed E-state index contributed by atoms with van der Waals surface area (Å²) in [5, 5.41) is 0. The fourth-order valence-electron chi connectivity index (χ4n) is 1.69. The summed E-state index contributed by atoms with van der Waals surface area (Å²) in [6.45, 7) is 0.368. The number of carbonyl (C=O) groups excluding carboxylic acids is 1. The first-order valence-electron chi connectivity index (χ1n) is 4.80. The number of guanidine groups is 1. The molecule has 1 aliphatic heterocycles. The molecule has 0 unspecified atom stereocenters. The number of amides is 1. The highest BCUT2D eigenvalue weighted by Gasteiger charge is 2.31. The highest BCUT2D eigenvalue weighted by Crippen LogP contribution is 2.19. The van der Waals surface area contributed by atoms with Crippen LogP contribution in [0.5, 0.6) is 0 Å². The van der Waals surface area contributed by atoms with Crippen molar-refractivity contribution in [3.63, 3.8) is 0 Å². The first-order valence-corrected chi connectivity index (χ1v) is 4.80. The van der Waals surface area contributed by atoms with Crippen molar-refractivity contribution in [2.45, 2.75) is 0 Å². The predicted octanol–water partition coefficient (Wildman–Crippen LogP) is 0.951. The van der Waals surface area contributed by atoms with Crippen LogP contribution in [0.3, 0.4) is 0 Å². The van der Waals surface area contributed by atoms with Crippen molar-refractivity contribution in [1.29, 1.82) is 0 Å². The van der Waals surface area contributed by atoms with Gasteiger partial charge in [0.2, 0.25) is 11.9 Å². The van der Waals surface area contributed by atoms with E-state index in [0.717, 1.165) is 5.69 Å². The van der Waals surface area contributed by atoms with Crippen molar-refractivity contribution in [2.24, 2.45) is 4.99 Å². The number of rotatable bonds is 1. The Morgan fingerprint density at radius 2 is 1.93 bits per heavy atom. The molecule has 1 saturated heterocycles. The lowest BCUT2D eigenvalue weighted by Gasteiger charge is -2.18. The van der Waals surface area contributed by atoms with Gasteiger partial charge in [-0.25, -0.2) is 0 Å². The molecule has 0 saturated carbocycles. The maximum atomic E-state index is 11.5. The third kappa shape index (κ3) is 1.58. The van der Waals surface area contributed by atoms with Gasteiger partial charge in [-0.1, -0.05) is 18.2 Å². The SMILES string of the molecule is C/N=C1\N(C)C(=O)CN1c1ccccc1. The van der Waals surface area contributed by atoms with E-state index in [1.807, 2.05) is 35.2 Å². The van der Waals surface area contributed by atoms with E-state index in [4.69, 9.17) is 0 Å². The molecule has 0 aromatic heterocycles. The zero-order chi connectivity index (χ0) is 10.8. The van der Waals surface area contributed by atoms with E-state index in [-0.39, 0.29) is 5.91 Å². The minimum absolute atomic E-state index is 0.0689. The van der Waals surface area contributed by atoms with Crippen molar-refractivity contribution < 1.29 is 4.79 Å². The van der Waals surface area contributed by atoms with Crippen LogP contribution < -0.4 is 4.90 Å². The van der Waals surface area contributed by atoms with Crippen LogP contribution in [0.2, 0.25) is 0 Å². The van der Waals surface area contributed by atoms with Crippen molar-refractivity contribution in [3.8, 4) is 0 Å². The lowest BCUT2D eigenvalue weighted by atomic mass is 10.3. The normalized spacial score (nSPS) is 19.1. The van der Waals surface area contributed by atoms with Crippen molar-refractivity contribution in [2.75, 3.05) is 25.5 Å². The summed E-state index contributed by atoms with van der Waals surface area (Å²) in [4.78, 5) is 19.1. The fourth-order valence-corrected chi connectivity index (χ4v) is 1.69. The summed E-state index contributed by atoms with van der Waals surface area (Å²) < 4.78 is 0. The number of hydrogen-bond donors (Lipinski definition) is 0. The quantitative estimate of drug-likeness (QED) is 0.681. The molecular formula is C11H13N3O. The molecule has 1 heterocycles. The summed E-state index contributed by atoms with van der Waals surface area (Å²) in [5.74, 6) is 0.769.